The van der Waals surface area contributed by atoms with E-state index in [0.717, 1.165) is 5.56 Å². The van der Waals surface area contributed by atoms with Gasteiger partial charge in [-0.3, -0.25) is 14.6 Å². The molecule has 1 amide bonds. The first kappa shape index (κ1) is 19.5. The van der Waals surface area contributed by atoms with Gasteiger partial charge in [-0.2, -0.15) is 0 Å². The van der Waals surface area contributed by atoms with Gasteiger partial charge in [-0.05, 0) is 35.7 Å². The van der Waals surface area contributed by atoms with E-state index in [1.807, 2.05) is 12.1 Å². The molecule has 0 unspecified atom stereocenters. The summed E-state index contributed by atoms with van der Waals surface area (Å²) in [6.45, 7) is 1.76. The van der Waals surface area contributed by atoms with Gasteiger partial charge < -0.3 is 10.0 Å². The Morgan fingerprint density at radius 3 is 2.53 bits per heavy atom. The van der Waals surface area contributed by atoms with Gasteiger partial charge in [-0.25, -0.2) is 4.39 Å². The molecule has 30 heavy (non-hydrogen) atoms. The number of hydrogen-bond acceptors (Lipinski definition) is 4. The Morgan fingerprint density at radius 1 is 1.10 bits per heavy atom. The highest BCUT2D eigenvalue weighted by Crippen LogP contribution is 2.40. The number of nitrogens with zero attached hydrogens (tertiary/aromatic N) is 2. The number of amides is 1. The van der Waals surface area contributed by atoms with E-state index in [1.54, 1.807) is 49.6 Å². The highest BCUT2D eigenvalue weighted by atomic mass is 19.1. The molecule has 0 bridgehead atoms. The minimum Gasteiger partial charge on any atom is -0.507 e. The highest BCUT2D eigenvalue weighted by molar-refractivity contribution is 6.46. The summed E-state index contributed by atoms with van der Waals surface area (Å²) in [6, 6.07) is 16.0. The number of aliphatic hydroxyl groups is 1. The normalized spacial score (nSPS) is 18.1. The summed E-state index contributed by atoms with van der Waals surface area (Å²) >= 11 is 0. The van der Waals surface area contributed by atoms with Crippen molar-refractivity contribution in [1.82, 2.24) is 9.88 Å². The Morgan fingerprint density at radius 2 is 1.87 bits per heavy atom. The van der Waals surface area contributed by atoms with Gasteiger partial charge in [0.1, 0.15) is 11.6 Å². The van der Waals surface area contributed by atoms with Crippen LogP contribution < -0.4 is 0 Å². The Bertz CT molecular complexity index is 1140. The molecule has 1 aromatic heterocycles. The second kappa shape index (κ2) is 7.91. The van der Waals surface area contributed by atoms with Crippen molar-refractivity contribution in [3.63, 3.8) is 0 Å². The van der Waals surface area contributed by atoms with E-state index >= 15 is 0 Å². The van der Waals surface area contributed by atoms with Gasteiger partial charge in [0, 0.05) is 24.5 Å². The summed E-state index contributed by atoms with van der Waals surface area (Å²) < 4.78 is 14.1. The fourth-order valence-corrected chi connectivity index (χ4v) is 3.61. The molecule has 0 aliphatic carbocycles. The molecule has 0 radical (unpaired) electrons. The molecule has 5 nitrogen and oxygen atoms in total. The topological polar surface area (TPSA) is 70.5 Å². The molecule has 3 aromatic rings. The Kier molecular flexibility index (Phi) is 5.14. The summed E-state index contributed by atoms with van der Waals surface area (Å²) in [7, 11) is 0. The molecule has 6 heteroatoms. The van der Waals surface area contributed by atoms with Crippen LogP contribution in [0.4, 0.5) is 4.39 Å². The quantitative estimate of drug-likeness (QED) is 0.404. The largest absolute Gasteiger partial charge is 0.507 e. The van der Waals surface area contributed by atoms with Crippen LogP contribution in [0.2, 0.25) is 0 Å². The monoisotopic (exact) mass is 402 g/mol. The van der Waals surface area contributed by atoms with Gasteiger partial charge in [0.2, 0.25) is 0 Å². The second-order valence-electron chi connectivity index (χ2n) is 7.16. The average molecular weight is 402 g/mol. The molecule has 4 rings (SSSR count). The zero-order chi connectivity index (χ0) is 21.3. The SMILES string of the molecule is Cc1ccc(C(O)=C2C(=O)C(=O)N(Cc3cccnc3)[C@@H]2c2ccccc2)cc1F. The zero-order valence-corrected chi connectivity index (χ0v) is 16.2. The van der Waals surface area contributed by atoms with Crippen molar-refractivity contribution in [2.24, 2.45) is 0 Å². The summed E-state index contributed by atoms with van der Waals surface area (Å²) in [4.78, 5) is 31.3. The van der Waals surface area contributed by atoms with E-state index in [1.165, 1.54) is 23.1 Å². The first-order chi connectivity index (χ1) is 14.5. The Balaban J connectivity index is 1.86. The molecule has 1 saturated heterocycles. The number of aromatic nitrogens is 1. The van der Waals surface area contributed by atoms with Crippen LogP contribution in [0, 0.1) is 12.7 Å². The van der Waals surface area contributed by atoms with Crippen molar-refractivity contribution in [3.05, 3.63) is 107 Å². The molecule has 1 aliphatic heterocycles. The molecule has 2 heterocycles. The third-order valence-electron chi connectivity index (χ3n) is 5.18. The van der Waals surface area contributed by atoms with Crippen molar-refractivity contribution in [3.8, 4) is 0 Å². The lowest BCUT2D eigenvalue weighted by molar-refractivity contribution is -0.140. The van der Waals surface area contributed by atoms with Gasteiger partial charge in [0.05, 0.1) is 11.6 Å². The zero-order valence-electron chi connectivity index (χ0n) is 16.2. The third kappa shape index (κ3) is 3.48. The maximum atomic E-state index is 14.1. The van der Waals surface area contributed by atoms with Crippen molar-refractivity contribution < 1.29 is 19.1 Å². The van der Waals surface area contributed by atoms with Gasteiger partial charge in [-0.15, -0.1) is 0 Å². The van der Waals surface area contributed by atoms with Gasteiger partial charge >= 0.3 is 0 Å². The number of hydrogen-bond donors (Lipinski definition) is 1. The minimum atomic E-state index is -0.800. The molecule has 150 valence electrons. The van der Waals surface area contributed by atoms with Crippen LogP contribution in [0.15, 0.2) is 78.6 Å². The van der Waals surface area contributed by atoms with Crippen molar-refractivity contribution >= 4 is 17.4 Å². The van der Waals surface area contributed by atoms with E-state index in [4.69, 9.17) is 0 Å². The predicted molar refractivity (Wildman–Crippen MR) is 110 cm³/mol. The number of ketones is 1. The van der Waals surface area contributed by atoms with Crippen LogP contribution >= 0.6 is 0 Å². The Labute approximate surface area is 173 Å². The molecular weight excluding hydrogens is 383 g/mol. The molecule has 0 saturated carbocycles. The van der Waals surface area contributed by atoms with Crippen LogP contribution in [0.3, 0.4) is 0 Å². The molecule has 1 aliphatic rings. The number of rotatable bonds is 4. The molecular formula is C24H19FN2O3. The fourth-order valence-electron chi connectivity index (χ4n) is 3.61. The lowest BCUT2D eigenvalue weighted by atomic mass is 9.95. The van der Waals surface area contributed by atoms with Crippen LogP contribution in [0.5, 0.6) is 0 Å². The molecule has 1 atom stereocenters. The smallest absolute Gasteiger partial charge is 0.295 e. The van der Waals surface area contributed by atoms with E-state index in [2.05, 4.69) is 4.98 Å². The second-order valence-corrected chi connectivity index (χ2v) is 7.16. The number of carbonyl (C=O) groups excluding carboxylic acids is 2. The maximum Gasteiger partial charge on any atom is 0.295 e. The van der Waals surface area contributed by atoms with Gasteiger partial charge in [-0.1, -0.05) is 48.5 Å². The number of aliphatic hydroxyl groups excluding tert-OH is 1. The standard InChI is InChI=1S/C24H19FN2O3/c1-15-9-10-18(12-19(15)25)22(28)20-21(17-7-3-2-4-8-17)27(24(30)23(20)29)14-16-6-5-11-26-13-16/h2-13,21,28H,14H2,1H3/t21-/m1/s1. The predicted octanol–water partition coefficient (Wildman–Crippen LogP) is 4.15. The molecule has 1 N–H and O–H groups in total. The van der Waals surface area contributed by atoms with Crippen molar-refractivity contribution in [1.29, 1.82) is 0 Å². The van der Waals surface area contributed by atoms with E-state index in [0.29, 0.717) is 11.1 Å². The molecule has 0 spiro atoms. The van der Waals surface area contributed by atoms with Gasteiger partial charge in [0.25, 0.3) is 11.7 Å². The fraction of sp³-hybridized carbons (Fsp3) is 0.125. The number of halogens is 1. The first-order valence-electron chi connectivity index (χ1n) is 9.46. The number of benzene rings is 2. The lowest BCUT2D eigenvalue weighted by Gasteiger charge is -2.25. The molecule has 2 aromatic carbocycles. The first-order valence-corrected chi connectivity index (χ1v) is 9.46. The summed E-state index contributed by atoms with van der Waals surface area (Å²) in [5, 5.41) is 10.9. The molecule has 1 fully saturated rings. The van der Waals surface area contributed by atoms with Crippen LogP contribution in [0.1, 0.15) is 28.3 Å². The van der Waals surface area contributed by atoms with E-state index in [-0.39, 0.29) is 17.7 Å². The van der Waals surface area contributed by atoms with Crippen LogP contribution in [-0.2, 0) is 16.1 Å². The number of likely N-dealkylation sites (tertiary alicyclic amines) is 1. The third-order valence-corrected chi connectivity index (χ3v) is 5.18. The van der Waals surface area contributed by atoms with Crippen LogP contribution in [-0.4, -0.2) is 26.7 Å². The highest BCUT2D eigenvalue weighted by Gasteiger charge is 2.46. The van der Waals surface area contributed by atoms with E-state index in [9.17, 15) is 19.1 Å². The number of carbonyl (C=O) groups is 2. The number of aryl methyl sites for hydroxylation is 1. The lowest BCUT2D eigenvalue weighted by Crippen LogP contribution is -2.29. The van der Waals surface area contributed by atoms with Crippen LogP contribution in [0.25, 0.3) is 5.76 Å². The Hall–Kier alpha value is -3.80. The van der Waals surface area contributed by atoms with Crippen molar-refractivity contribution in [2.75, 3.05) is 0 Å². The summed E-state index contributed by atoms with van der Waals surface area (Å²) in [6.07, 6.45) is 3.24. The summed E-state index contributed by atoms with van der Waals surface area (Å²) in [5.74, 6) is -2.41. The average Bonchev–Trinajstić information content (AvgIpc) is 3.01. The van der Waals surface area contributed by atoms with E-state index < -0.39 is 29.3 Å². The number of Topliss-reactive ketones (excluding diaryl/α,β-unsaturated/α-hetero) is 1. The maximum absolute atomic E-state index is 14.1. The minimum absolute atomic E-state index is 0.0571. The van der Waals surface area contributed by atoms with Gasteiger partial charge in [0.15, 0.2) is 0 Å². The number of pyridine rings is 1. The van der Waals surface area contributed by atoms with Crippen molar-refractivity contribution in [2.45, 2.75) is 19.5 Å². The summed E-state index contributed by atoms with van der Waals surface area (Å²) in [5.41, 5.74) is 1.94.